The molecule has 0 atom stereocenters. The number of hydrogen-bond acceptors (Lipinski definition) is 6. The number of nitrogens with zero attached hydrogens (tertiary/aromatic N) is 5. The molecule has 0 aliphatic carbocycles. The lowest BCUT2D eigenvalue weighted by molar-refractivity contribution is -0.729. The molecule has 1 aliphatic heterocycles. The molecule has 0 fully saturated rings. The highest BCUT2D eigenvalue weighted by atomic mass is 19.4. The molecule has 226 valence electrons. The fourth-order valence-electron chi connectivity index (χ4n) is 4.07. The fourth-order valence-corrected chi connectivity index (χ4v) is 4.07. The zero-order valence-electron chi connectivity index (χ0n) is 21.3. The second kappa shape index (κ2) is 10.4. The summed E-state index contributed by atoms with van der Waals surface area (Å²) in [7, 11) is 0. The number of rotatable bonds is 5. The van der Waals surface area contributed by atoms with Crippen molar-refractivity contribution in [3.63, 3.8) is 0 Å². The number of carbonyl (C=O) groups is 2. The third kappa shape index (κ3) is 5.54. The standard InChI is InChI=1S/C23H17F9N6O4/c1-10-11(2)17(39)34-33-15(10)8-12-3-4-14(24)13(7-12)18(40)36-5-6-37-16(9-36)38(42-20(41)22(27,28)29)35-19(37)21(25,26)23(30,31)32/h3-4,7H,5-6,8-9H2,1-2H3/p+1. The lowest BCUT2D eigenvalue weighted by atomic mass is 10.0. The molecule has 1 aromatic carbocycles. The van der Waals surface area contributed by atoms with Gasteiger partial charge in [-0.15, -0.1) is 0 Å². The Kier molecular flexibility index (Phi) is 7.58. The molecular formula is C23H18F9N6O4+. The van der Waals surface area contributed by atoms with Crippen molar-refractivity contribution in [3.05, 3.63) is 74.0 Å². The second-order valence-corrected chi connectivity index (χ2v) is 9.18. The van der Waals surface area contributed by atoms with Crippen molar-refractivity contribution in [2.75, 3.05) is 6.54 Å². The van der Waals surface area contributed by atoms with Crippen molar-refractivity contribution in [3.8, 4) is 0 Å². The van der Waals surface area contributed by atoms with Crippen LogP contribution < -0.4 is 15.0 Å². The molecule has 3 heterocycles. The van der Waals surface area contributed by atoms with Gasteiger partial charge in [0.05, 0.1) is 34.3 Å². The SMILES string of the molecule is Cc1c(Cc2ccc(F)c(C(=O)N3CC[n+]4c(C(F)(F)C(F)(F)F)nn(OC(=O)C(F)(F)F)c4C3)c2)n[nH]c(=O)c1C. The molecule has 42 heavy (non-hydrogen) atoms. The number of fused-ring (bicyclic) bond motifs is 1. The van der Waals surface area contributed by atoms with E-state index in [-0.39, 0.29) is 11.0 Å². The summed E-state index contributed by atoms with van der Waals surface area (Å²) in [6.45, 7) is 0.728. The van der Waals surface area contributed by atoms with E-state index in [1.165, 1.54) is 6.07 Å². The quantitative estimate of drug-likeness (QED) is 0.350. The predicted molar refractivity (Wildman–Crippen MR) is 118 cm³/mol. The summed E-state index contributed by atoms with van der Waals surface area (Å²) in [6.07, 6.45) is -11.9. The van der Waals surface area contributed by atoms with Crippen LogP contribution in [-0.2, 0) is 30.2 Å². The Labute approximate surface area is 228 Å². The Morgan fingerprint density at radius 3 is 2.36 bits per heavy atom. The van der Waals surface area contributed by atoms with Gasteiger partial charge in [-0.25, -0.2) is 23.7 Å². The van der Waals surface area contributed by atoms with Crippen LogP contribution in [0.2, 0.25) is 0 Å². The van der Waals surface area contributed by atoms with E-state index in [1.807, 2.05) is 0 Å². The van der Waals surface area contributed by atoms with E-state index in [0.717, 1.165) is 17.0 Å². The zero-order valence-corrected chi connectivity index (χ0v) is 21.3. The number of H-pyrrole nitrogens is 1. The summed E-state index contributed by atoms with van der Waals surface area (Å²) in [5.74, 6) is -13.9. The minimum atomic E-state index is -6.23. The van der Waals surface area contributed by atoms with Gasteiger partial charge in [0.15, 0.2) is 0 Å². The Balaban J connectivity index is 1.69. The fraction of sp³-hybridized carbons (Fsp3) is 0.391. The lowest BCUT2D eigenvalue weighted by Gasteiger charge is -2.26. The lowest BCUT2D eigenvalue weighted by Crippen LogP contribution is -2.57. The number of nitrogens with one attached hydrogen (secondary N) is 1. The molecule has 1 aliphatic rings. The normalized spacial score (nSPS) is 14.1. The zero-order chi connectivity index (χ0) is 31.4. The van der Waals surface area contributed by atoms with Gasteiger partial charge in [-0.05, 0) is 37.1 Å². The first-order valence-electron chi connectivity index (χ1n) is 11.7. The molecule has 0 radical (unpaired) electrons. The molecule has 19 heteroatoms. The van der Waals surface area contributed by atoms with Crippen molar-refractivity contribution in [2.24, 2.45) is 0 Å². The monoisotopic (exact) mass is 613 g/mol. The van der Waals surface area contributed by atoms with Gasteiger partial charge >= 0.3 is 35.9 Å². The van der Waals surface area contributed by atoms with Gasteiger partial charge in [-0.1, -0.05) is 6.07 Å². The first-order valence-corrected chi connectivity index (χ1v) is 11.7. The minimum Gasteiger partial charge on any atom is -0.325 e. The molecular weight excluding hydrogens is 595 g/mol. The number of aromatic nitrogens is 5. The third-order valence-electron chi connectivity index (χ3n) is 6.49. The molecule has 0 spiro atoms. The maximum atomic E-state index is 14.7. The number of halogens is 9. The van der Waals surface area contributed by atoms with E-state index in [2.05, 4.69) is 20.1 Å². The summed E-state index contributed by atoms with van der Waals surface area (Å²) in [4.78, 5) is 40.5. The Hall–Kier alpha value is -4.45. The van der Waals surface area contributed by atoms with Crippen molar-refractivity contribution >= 4 is 11.9 Å². The topological polar surface area (TPSA) is 114 Å². The van der Waals surface area contributed by atoms with Gasteiger partial charge in [-0.3, -0.25) is 9.59 Å². The molecule has 0 saturated carbocycles. The maximum Gasteiger partial charge on any atom is 0.495 e. The second-order valence-electron chi connectivity index (χ2n) is 9.18. The van der Waals surface area contributed by atoms with Gasteiger partial charge in [0.25, 0.3) is 11.5 Å². The summed E-state index contributed by atoms with van der Waals surface area (Å²) in [5, 5.41) is 9.00. The average molecular weight is 613 g/mol. The van der Waals surface area contributed by atoms with Crippen LogP contribution in [-0.4, -0.2) is 55.8 Å². The van der Waals surface area contributed by atoms with Crippen LogP contribution in [0.1, 0.15) is 44.4 Å². The minimum absolute atomic E-state index is 0.0278. The van der Waals surface area contributed by atoms with E-state index >= 15 is 0 Å². The molecule has 0 saturated heterocycles. The Morgan fingerprint density at radius 1 is 1.07 bits per heavy atom. The first-order chi connectivity index (χ1) is 19.3. The molecule has 2 aromatic heterocycles. The van der Waals surface area contributed by atoms with Crippen LogP contribution in [0, 0.1) is 19.7 Å². The predicted octanol–water partition coefficient (Wildman–Crippen LogP) is 2.43. The molecule has 1 N–H and O–H groups in total. The van der Waals surface area contributed by atoms with Crippen LogP contribution in [0.3, 0.4) is 0 Å². The van der Waals surface area contributed by atoms with Crippen molar-refractivity contribution in [2.45, 2.75) is 51.6 Å². The molecule has 10 nitrogen and oxygen atoms in total. The summed E-state index contributed by atoms with van der Waals surface area (Å²) in [5.41, 5.74) is 0.640. The van der Waals surface area contributed by atoms with Crippen LogP contribution >= 0.6 is 0 Å². The first kappa shape index (κ1) is 30.5. The maximum absolute atomic E-state index is 14.7. The summed E-state index contributed by atoms with van der Waals surface area (Å²) < 4.78 is 121. The number of amides is 1. The highest BCUT2D eigenvalue weighted by Crippen LogP contribution is 2.42. The van der Waals surface area contributed by atoms with Gasteiger partial charge in [-0.2, -0.15) is 40.2 Å². The van der Waals surface area contributed by atoms with Gasteiger partial charge < -0.3 is 4.90 Å². The highest BCUT2D eigenvalue weighted by Gasteiger charge is 2.67. The van der Waals surface area contributed by atoms with Crippen molar-refractivity contribution in [1.82, 2.24) is 25.0 Å². The van der Waals surface area contributed by atoms with Crippen molar-refractivity contribution < 1.29 is 58.5 Å². The highest BCUT2D eigenvalue weighted by molar-refractivity contribution is 5.94. The average Bonchev–Trinajstić information content (AvgIpc) is 3.26. The Bertz CT molecular complexity index is 1630. The van der Waals surface area contributed by atoms with E-state index < -0.39 is 83.2 Å². The largest absolute Gasteiger partial charge is 0.495 e. The number of aromatic amines is 1. The molecule has 0 bridgehead atoms. The summed E-state index contributed by atoms with van der Waals surface area (Å²) in [6, 6.07) is 3.36. The number of carbonyl (C=O) groups excluding carboxylic acids is 2. The van der Waals surface area contributed by atoms with E-state index in [9.17, 15) is 53.9 Å². The van der Waals surface area contributed by atoms with Crippen LogP contribution in [0.4, 0.5) is 39.5 Å². The molecule has 0 unspecified atom stereocenters. The Morgan fingerprint density at radius 2 is 1.74 bits per heavy atom. The van der Waals surface area contributed by atoms with E-state index in [1.54, 1.807) is 13.8 Å². The van der Waals surface area contributed by atoms with Crippen LogP contribution in [0.25, 0.3) is 0 Å². The molecule has 1 amide bonds. The van der Waals surface area contributed by atoms with Gasteiger partial charge in [0, 0.05) is 12.0 Å². The van der Waals surface area contributed by atoms with Crippen LogP contribution in [0.15, 0.2) is 23.0 Å². The number of benzene rings is 1. The smallest absolute Gasteiger partial charge is 0.325 e. The summed E-state index contributed by atoms with van der Waals surface area (Å²) >= 11 is 0. The van der Waals surface area contributed by atoms with Gasteiger partial charge in [0.2, 0.25) is 0 Å². The van der Waals surface area contributed by atoms with Crippen LogP contribution in [0.5, 0.6) is 0 Å². The van der Waals surface area contributed by atoms with E-state index in [0.29, 0.717) is 22.4 Å². The van der Waals surface area contributed by atoms with E-state index in [4.69, 9.17) is 0 Å². The van der Waals surface area contributed by atoms with Crippen molar-refractivity contribution in [1.29, 1.82) is 0 Å². The molecule has 4 rings (SSSR count). The number of alkyl halides is 8. The number of hydrogen-bond donors (Lipinski definition) is 1. The molecule has 3 aromatic rings. The third-order valence-corrected chi connectivity index (χ3v) is 6.49. The van der Waals surface area contributed by atoms with Gasteiger partial charge in [0.1, 0.15) is 12.4 Å².